The van der Waals surface area contributed by atoms with E-state index in [0.717, 1.165) is 29.8 Å². The predicted molar refractivity (Wildman–Crippen MR) is 143 cm³/mol. The maximum Gasteiger partial charge on any atom is 0.255 e. The maximum atomic E-state index is 13.2. The number of nitrogens with one attached hydrogen (secondary N) is 3. The quantitative estimate of drug-likeness (QED) is 0.239. The Morgan fingerprint density at radius 1 is 1.00 bits per heavy atom. The molecule has 5 nitrogen and oxygen atoms in total. The molecular formula is C29H27FN4OS. The Bertz CT molecular complexity index is 1330. The van der Waals surface area contributed by atoms with Gasteiger partial charge in [-0.2, -0.15) is 0 Å². The normalized spacial score (nSPS) is 14.3. The van der Waals surface area contributed by atoms with Crippen LogP contribution in [0.2, 0.25) is 0 Å². The Labute approximate surface area is 214 Å². The zero-order valence-electron chi connectivity index (χ0n) is 19.7. The van der Waals surface area contributed by atoms with Crippen molar-refractivity contribution >= 4 is 29.4 Å². The van der Waals surface area contributed by atoms with E-state index in [1.165, 1.54) is 40.8 Å². The van der Waals surface area contributed by atoms with E-state index in [0.29, 0.717) is 17.9 Å². The van der Waals surface area contributed by atoms with Crippen molar-refractivity contribution in [2.75, 3.05) is 11.9 Å². The van der Waals surface area contributed by atoms with E-state index >= 15 is 0 Å². The van der Waals surface area contributed by atoms with Crippen molar-refractivity contribution in [3.8, 4) is 0 Å². The highest BCUT2D eigenvalue weighted by Gasteiger charge is 2.23. The van der Waals surface area contributed by atoms with Gasteiger partial charge in [-0.1, -0.05) is 36.4 Å². The van der Waals surface area contributed by atoms with Gasteiger partial charge < -0.3 is 10.6 Å². The number of fused-ring (bicyclic) bond motifs is 1. The molecule has 1 unspecified atom stereocenters. The number of hydrogen-bond acceptors (Lipinski definition) is 5. The molecule has 0 fully saturated rings. The highest BCUT2D eigenvalue weighted by Crippen LogP contribution is 2.36. The summed E-state index contributed by atoms with van der Waals surface area (Å²) in [5, 5.41) is 6.35. The number of carbonyl (C=O) groups excluding carboxylic acids is 1. The van der Waals surface area contributed by atoms with Crippen LogP contribution < -0.4 is 15.4 Å². The number of benzene rings is 3. The molecule has 3 N–H and O–H groups in total. The first-order valence-electron chi connectivity index (χ1n) is 12.0. The van der Waals surface area contributed by atoms with Crippen LogP contribution in [0.25, 0.3) is 0 Å². The first kappa shape index (κ1) is 24.0. The maximum absolute atomic E-state index is 13.2. The lowest BCUT2D eigenvalue weighted by atomic mass is 10.1. The van der Waals surface area contributed by atoms with Crippen LogP contribution in [0, 0.1) is 5.82 Å². The number of amides is 1. The van der Waals surface area contributed by atoms with Gasteiger partial charge in [0.1, 0.15) is 11.6 Å². The Morgan fingerprint density at radius 2 is 1.83 bits per heavy atom. The minimum Gasteiger partial charge on any atom is -0.352 e. The van der Waals surface area contributed by atoms with Gasteiger partial charge in [0.15, 0.2) is 0 Å². The number of carbonyl (C=O) groups is 1. The number of aryl methyl sites for hydroxylation is 1. The van der Waals surface area contributed by atoms with Crippen molar-refractivity contribution in [2.24, 2.45) is 0 Å². The summed E-state index contributed by atoms with van der Waals surface area (Å²) in [6.45, 7) is 0.551. The second-order valence-corrected chi connectivity index (χ2v) is 9.61. The molecular weight excluding hydrogens is 471 g/mol. The summed E-state index contributed by atoms with van der Waals surface area (Å²) < 4.78 is 16.7. The lowest BCUT2D eigenvalue weighted by Gasteiger charge is -2.16. The SMILES string of the molecule is O=C(NCCc1ccccc1)c1cccnc1Nc1ccc2c(c1)C(NSc1ccc(F)cc1)CC2. The number of pyridine rings is 1. The van der Waals surface area contributed by atoms with Gasteiger partial charge in [-0.15, -0.1) is 0 Å². The van der Waals surface area contributed by atoms with Gasteiger partial charge in [0.2, 0.25) is 0 Å². The number of aromatic nitrogens is 1. The molecule has 182 valence electrons. The number of hydrogen-bond donors (Lipinski definition) is 3. The molecule has 0 saturated heterocycles. The van der Waals surface area contributed by atoms with Gasteiger partial charge in [0.25, 0.3) is 5.91 Å². The van der Waals surface area contributed by atoms with Crippen LogP contribution >= 0.6 is 11.9 Å². The van der Waals surface area contributed by atoms with E-state index in [1.807, 2.05) is 24.3 Å². The third-order valence-corrected chi connectivity index (χ3v) is 7.12. The molecule has 0 bridgehead atoms. The van der Waals surface area contributed by atoms with Gasteiger partial charge in [0.05, 0.1) is 5.56 Å². The van der Waals surface area contributed by atoms with E-state index in [1.54, 1.807) is 30.5 Å². The zero-order chi connectivity index (χ0) is 24.7. The van der Waals surface area contributed by atoms with Crippen LogP contribution in [-0.2, 0) is 12.8 Å². The first-order valence-corrected chi connectivity index (χ1v) is 12.8. The molecule has 0 aliphatic heterocycles. The molecule has 4 aromatic rings. The summed E-state index contributed by atoms with van der Waals surface area (Å²) in [7, 11) is 0. The van der Waals surface area contributed by atoms with Crippen molar-refractivity contribution < 1.29 is 9.18 Å². The smallest absolute Gasteiger partial charge is 0.255 e. The zero-order valence-corrected chi connectivity index (χ0v) is 20.5. The second kappa shape index (κ2) is 11.4. The Balaban J connectivity index is 1.24. The summed E-state index contributed by atoms with van der Waals surface area (Å²) in [4.78, 5) is 18.3. The molecule has 0 radical (unpaired) electrons. The predicted octanol–water partition coefficient (Wildman–Crippen LogP) is 6.22. The van der Waals surface area contributed by atoms with Crippen LogP contribution in [0.15, 0.2) is 96.0 Å². The summed E-state index contributed by atoms with van der Waals surface area (Å²) in [6, 6.07) is 26.6. The lowest BCUT2D eigenvalue weighted by molar-refractivity contribution is 0.0954. The Kier molecular flexibility index (Phi) is 7.59. The van der Waals surface area contributed by atoms with Gasteiger partial charge in [-0.3, -0.25) is 9.52 Å². The summed E-state index contributed by atoms with van der Waals surface area (Å²) in [6.07, 6.45) is 4.44. The molecule has 0 saturated carbocycles. The van der Waals surface area contributed by atoms with Gasteiger partial charge >= 0.3 is 0 Å². The molecule has 1 aromatic heterocycles. The second-order valence-electron chi connectivity index (χ2n) is 8.69. The van der Waals surface area contributed by atoms with Gasteiger partial charge in [-0.05, 0) is 96.4 Å². The molecule has 36 heavy (non-hydrogen) atoms. The Morgan fingerprint density at radius 3 is 2.67 bits per heavy atom. The van der Waals surface area contributed by atoms with Crippen LogP contribution in [0.1, 0.15) is 39.5 Å². The summed E-state index contributed by atoms with van der Waals surface area (Å²) in [5.74, 6) is 0.135. The average molecular weight is 499 g/mol. The van der Waals surface area contributed by atoms with Crippen molar-refractivity contribution in [1.29, 1.82) is 0 Å². The topological polar surface area (TPSA) is 66.0 Å². The van der Waals surface area contributed by atoms with E-state index in [9.17, 15) is 9.18 Å². The number of rotatable bonds is 9. The fourth-order valence-electron chi connectivity index (χ4n) is 4.33. The lowest BCUT2D eigenvalue weighted by Crippen LogP contribution is -2.26. The highest BCUT2D eigenvalue weighted by molar-refractivity contribution is 7.97. The van der Waals surface area contributed by atoms with E-state index < -0.39 is 0 Å². The third kappa shape index (κ3) is 5.93. The number of anilines is 2. The highest BCUT2D eigenvalue weighted by atomic mass is 32.2. The fourth-order valence-corrected chi connectivity index (χ4v) is 5.12. The van der Waals surface area contributed by atoms with E-state index in [2.05, 4.69) is 44.6 Å². The number of halogens is 1. The van der Waals surface area contributed by atoms with Crippen LogP contribution in [0.3, 0.4) is 0 Å². The minimum absolute atomic E-state index is 0.155. The molecule has 1 aliphatic rings. The van der Waals surface area contributed by atoms with Crippen molar-refractivity contribution in [3.63, 3.8) is 0 Å². The summed E-state index contributed by atoms with van der Waals surface area (Å²) >= 11 is 1.51. The van der Waals surface area contributed by atoms with Gasteiger partial charge in [0, 0.05) is 29.4 Å². The monoisotopic (exact) mass is 498 g/mol. The minimum atomic E-state index is -0.236. The standard InChI is InChI=1S/C29H27FN4OS/c30-22-10-13-24(14-11-22)36-34-27-15-9-21-8-12-23(19-26(21)27)33-28-25(7-4-17-31-28)29(35)32-18-16-20-5-2-1-3-6-20/h1-8,10-14,17,19,27,34H,9,15-16,18H2,(H,31,33)(H,32,35). The molecule has 1 atom stereocenters. The molecule has 7 heteroatoms. The largest absolute Gasteiger partial charge is 0.352 e. The molecule has 0 spiro atoms. The van der Waals surface area contributed by atoms with Crippen LogP contribution in [-0.4, -0.2) is 17.4 Å². The molecule has 1 heterocycles. The third-order valence-electron chi connectivity index (χ3n) is 6.21. The van der Waals surface area contributed by atoms with E-state index in [-0.39, 0.29) is 17.8 Å². The van der Waals surface area contributed by atoms with Crippen molar-refractivity contribution in [1.82, 2.24) is 15.0 Å². The Hall–Kier alpha value is -3.68. The van der Waals surface area contributed by atoms with Crippen molar-refractivity contribution in [3.05, 3.63) is 119 Å². The molecule has 1 aliphatic carbocycles. The van der Waals surface area contributed by atoms with Crippen LogP contribution in [0.4, 0.5) is 15.9 Å². The molecule has 5 rings (SSSR count). The first-order chi connectivity index (χ1) is 17.7. The van der Waals surface area contributed by atoms with Gasteiger partial charge in [-0.25, -0.2) is 9.37 Å². The number of nitrogens with zero attached hydrogens (tertiary/aromatic N) is 1. The average Bonchev–Trinajstić information content (AvgIpc) is 3.31. The van der Waals surface area contributed by atoms with E-state index in [4.69, 9.17) is 0 Å². The summed E-state index contributed by atoms with van der Waals surface area (Å²) in [5.41, 5.74) is 5.09. The molecule has 3 aromatic carbocycles. The molecule has 1 amide bonds. The van der Waals surface area contributed by atoms with Crippen LogP contribution in [0.5, 0.6) is 0 Å². The fraction of sp³-hybridized carbons (Fsp3) is 0.172. The van der Waals surface area contributed by atoms with Crippen molar-refractivity contribution in [2.45, 2.75) is 30.2 Å².